The SMILES string of the molecule is COc1cc(/C(N)=N/O)ccc1OCc1ccc(O)cc1. The third-order valence-corrected chi connectivity index (χ3v) is 2.90. The maximum atomic E-state index is 9.23. The van der Waals surface area contributed by atoms with Gasteiger partial charge in [0.05, 0.1) is 7.11 Å². The van der Waals surface area contributed by atoms with E-state index in [2.05, 4.69) is 5.16 Å². The molecular formula is C15H16N2O4. The van der Waals surface area contributed by atoms with Crippen LogP contribution in [-0.4, -0.2) is 23.3 Å². The van der Waals surface area contributed by atoms with Crippen molar-refractivity contribution in [1.82, 2.24) is 0 Å². The number of phenolic OH excluding ortho intramolecular Hbond substituents is 1. The van der Waals surface area contributed by atoms with Crippen LogP contribution in [0.5, 0.6) is 17.2 Å². The first-order valence-corrected chi connectivity index (χ1v) is 6.20. The molecule has 0 saturated carbocycles. The summed E-state index contributed by atoms with van der Waals surface area (Å²) in [5, 5.41) is 20.8. The molecule has 6 nitrogen and oxygen atoms in total. The molecule has 0 saturated heterocycles. The topological polar surface area (TPSA) is 97.3 Å². The van der Waals surface area contributed by atoms with Crippen molar-refractivity contribution < 1.29 is 19.8 Å². The molecule has 0 fully saturated rings. The monoisotopic (exact) mass is 288 g/mol. The number of aromatic hydroxyl groups is 1. The standard InChI is InChI=1S/C15H16N2O4/c1-20-14-8-11(15(16)17-19)4-7-13(14)21-9-10-2-5-12(18)6-3-10/h2-8,18-19H,9H2,1H3,(H2,16,17). The molecule has 2 rings (SSSR count). The molecule has 2 aromatic carbocycles. The van der Waals surface area contributed by atoms with Gasteiger partial charge >= 0.3 is 0 Å². The fraction of sp³-hybridized carbons (Fsp3) is 0.133. The maximum Gasteiger partial charge on any atom is 0.170 e. The maximum absolute atomic E-state index is 9.23. The predicted molar refractivity (Wildman–Crippen MR) is 77.9 cm³/mol. The highest BCUT2D eigenvalue weighted by molar-refractivity contribution is 5.97. The zero-order valence-electron chi connectivity index (χ0n) is 11.5. The summed E-state index contributed by atoms with van der Waals surface area (Å²) in [6, 6.07) is 11.7. The van der Waals surface area contributed by atoms with Crippen molar-refractivity contribution >= 4 is 5.84 Å². The number of nitrogens with two attached hydrogens (primary N) is 1. The number of amidine groups is 1. The van der Waals surface area contributed by atoms with E-state index in [9.17, 15) is 5.11 Å². The predicted octanol–water partition coefficient (Wildman–Crippen LogP) is 2.07. The number of rotatable bonds is 5. The molecule has 2 aromatic rings. The van der Waals surface area contributed by atoms with Gasteiger partial charge in [0.2, 0.25) is 0 Å². The summed E-state index contributed by atoms with van der Waals surface area (Å²) in [7, 11) is 1.51. The van der Waals surface area contributed by atoms with Crippen molar-refractivity contribution in [3.8, 4) is 17.2 Å². The minimum atomic E-state index is -0.00150. The van der Waals surface area contributed by atoms with E-state index in [1.807, 2.05) is 0 Å². The molecule has 0 spiro atoms. The van der Waals surface area contributed by atoms with Crippen molar-refractivity contribution in [1.29, 1.82) is 0 Å². The van der Waals surface area contributed by atoms with E-state index in [0.29, 0.717) is 23.7 Å². The number of oxime groups is 1. The van der Waals surface area contributed by atoms with Gasteiger partial charge in [-0.15, -0.1) is 0 Å². The number of benzene rings is 2. The van der Waals surface area contributed by atoms with Gasteiger partial charge in [0.1, 0.15) is 12.4 Å². The fourth-order valence-corrected chi connectivity index (χ4v) is 1.76. The summed E-state index contributed by atoms with van der Waals surface area (Å²) >= 11 is 0. The molecule has 6 heteroatoms. The molecule has 0 aromatic heterocycles. The largest absolute Gasteiger partial charge is 0.508 e. The molecule has 0 heterocycles. The second-order valence-electron chi connectivity index (χ2n) is 4.31. The summed E-state index contributed by atoms with van der Waals surface area (Å²) in [5.74, 6) is 1.23. The molecule has 4 N–H and O–H groups in total. The van der Waals surface area contributed by atoms with Crippen LogP contribution in [-0.2, 0) is 6.61 Å². The molecule has 0 atom stereocenters. The highest BCUT2D eigenvalue weighted by Crippen LogP contribution is 2.28. The van der Waals surface area contributed by atoms with Crippen molar-refractivity contribution in [2.45, 2.75) is 6.61 Å². The lowest BCUT2D eigenvalue weighted by Gasteiger charge is -2.12. The van der Waals surface area contributed by atoms with Crippen molar-refractivity contribution in [3.05, 3.63) is 53.6 Å². The van der Waals surface area contributed by atoms with Crippen molar-refractivity contribution in [3.63, 3.8) is 0 Å². The molecule has 0 aliphatic rings. The first-order chi connectivity index (χ1) is 10.1. The van der Waals surface area contributed by atoms with Gasteiger partial charge in [0.15, 0.2) is 17.3 Å². The number of nitrogens with zero attached hydrogens (tertiary/aromatic N) is 1. The Morgan fingerprint density at radius 2 is 1.86 bits per heavy atom. The average molecular weight is 288 g/mol. The Morgan fingerprint density at radius 1 is 1.14 bits per heavy atom. The third-order valence-electron chi connectivity index (χ3n) is 2.90. The summed E-state index contributed by atoms with van der Waals surface area (Å²) in [4.78, 5) is 0. The average Bonchev–Trinajstić information content (AvgIpc) is 2.53. The van der Waals surface area contributed by atoms with E-state index < -0.39 is 0 Å². The van der Waals surface area contributed by atoms with Gasteiger partial charge in [-0.2, -0.15) is 0 Å². The van der Waals surface area contributed by atoms with Gasteiger partial charge in [-0.1, -0.05) is 17.3 Å². The van der Waals surface area contributed by atoms with E-state index in [1.54, 1.807) is 42.5 Å². The van der Waals surface area contributed by atoms with Gasteiger partial charge in [-0.3, -0.25) is 0 Å². The van der Waals surface area contributed by atoms with Crippen LogP contribution in [0.15, 0.2) is 47.6 Å². The Bertz CT molecular complexity index is 639. The second kappa shape index (κ2) is 6.51. The minimum absolute atomic E-state index is 0.00150. The highest BCUT2D eigenvalue weighted by atomic mass is 16.5. The minimum Gasteiger partial charge on any atom is -0.508 e. The van der Waals surface area contributed by atoms with E-state index in [4.69, 9.17) is 20.4 Å². The fourth-order valence-electron chi connectivity index (χ4n) is 1.76. The lowest BCUT2D eigenvalue weighted by Crippen LogP contribution is -2.13. The molecule has 0 aliphatic carbocycles. The Morgan fingerprint density at radius 3 is 2.48 bits per heavy atom. The van der Waals surface area contributed by atoms with Gasteiger partial charge < -0.3 is 25.5 Å². The van der Waals surface area contributed by atoms with E-state index >= 15 is 0 Å². The summed E-state index contributed by atoms with van der Waals surface area (Å²) < 4.78 is 10.9. The molecule has 0 radical (unpaired) electrons. The number of hydrogen-bond acceptors (Lipinski definition) is 5. The highest BCUT2D eigenvalue weighted by Gasteiger charge is 2.08. The summed E-state index contributed by atoms with van der Waals surface area (Å²) in [6.45, 7) is 0.333. The van der Waals surface area contributed by atoms with Crippen LogP contribution < -0.4 is 15.2 Å². The number of ether oxygens (including phenoxy) is 2. The molecule has 0 unspecified atom stereocenters. The van der Waals surface area contributed by atoms with Gasteiger partial charge in [-0.05, 0) is 35.9 Å². The van der Waals surface area contributed by atoms with E-state index in [-0.39, 0.29) is 11.6 Å². The molecule has 21 heavy (non-hydrogen) atoms. The molecule has 0 bridgehead atoms. The van der Waals surface area contributed by atoms with Crippen LogP contribution in [0, 0.1) is 0 Å². The van der Waals surface area contributed by atoms with Crippen LogP contribution in [0.1, 0.15) is 11.1 Å². The van der Waals surface area contributed by atoms with Gasteiger partial charge in [-0.25, -0.2) is 0 Å². The zero-order valence-corrected chi connectivity index (χ0v) is 11.5. The number of methoxy groups -OCH3 is 1. The van der Waals surface area contributed by atoms with Crippen LogP contribution in [0.25, 0.3) is 0 Å². The molecule has 0 aliphatic heterocycles. The van der Waals surface area contributed by atoms with E-state index in [1.165, 1.54) is 7.11 Å². The van der Waals surface area contributed by atoms with Crippen LogP contribution in [0.3, 0.4) is 0 Å². The lowest BCUT2D eigenvalue weighted by atomic mass is 10.2. The Hall–Kier alpha value is -2.89. The Balaban J connectivity index is 2.14. The first kappa shape index (κ1) is 14.5. The van der Waals surface area contributed by atoms with Crippen molar-refractivity contribution in [2.24, 2.45) is 10.9 Å². The van der Waals surface area contributed by atoms with Crippen molar-refractivity contribution in [2.75, 3.05) is 7.11 Å². The van der Waals surface area contributed by atoms with Gasteiger partial charge in [0, 0.05) is 5.56 Å². The number of hydrogen-bond donors (Lipinski definition) is 3. The molecular weight excluding hydrogens is 272 g/mol. The van der Waals surface area contributed by atoms with Crippen LogP contribution in [0.4, 0.5) is 0 Å². The van der Waals surface area contributed by atoms with Gasteiger partial charge in [0.25, 0.3) is 0 Å². The second-order valence-corrected chi connectivity index (χ2v) is 4.31. The Kier molecular flexibility index (Phi) is 4.50. The first-order valence-electron chi connectivity index (χ1n) is 6.20. The quantitative estimate of drug-likeness (QED) is 0.339. The van der Waals surface area contributed by atoms with Crippen LogP contribution >= 0.6 is 0 Å². The normalized spacial score (nSPS) is 11.2. The summed E-state index contributed by atoms with van der Waals surface area (Å²) in [6.07, 6.45) is 0. The van der Waals surface area contributed by atoms with E-state index in [0.717, 1.165) is 5.56 Å². The summed E-state index contributed by atoms with van der Waals surface area (Å²) in [5.41, 5.74) is 6.97. The number of phenols is 1. The Labute approximate surface area is 122 Å². The lowest BCUT2D eigenvalue weighted by molar-refractivity contribution is 0.284. The molecule has 0 amide bonds. The third kappa shape index (κ3) is 3.56. The van der Waals surface area contributed by atoms with Crippen LogP contribution in [0.2, 0.25) is 0 Å². The smallest absolute Gasteiger partial charge is 0.170 e. The zero-order chi connectivity index (χ0) is 15.2. The molecule has 110 valence electrons.